The minimum atomic E-state index is -3.97. The average Bonchev–Trinajstić information content (AvgIpc) is 2.15. The van der Waals surface area contributed by atoms with Gasteiger partial charge in [0.25, 0.3) is 15.3 Å². The summed E-state index contributed by atoms with van der Waals surface area (Å²) in [5.41, 5.74) is 0. The van der Waals surface area contributed by atoms with Gasteiger partial charge in [-0.15, -0.1) is 0 Å². The van der Waals surface area contributed by atoms with Crippen molar-refractivity contribution in [1.82, 2.24) is 4.90 Å². The Morgan fingerprint density at radius 2 is 1.81 bits per heavy atom. The molecule has 0 aromatic rings. The van der Waals surface area contributed by atoms with E-state index in [1.807, 2.05) is 18.7 Å². The van der Waals surface area contributed by atoms with Crippen LogP contribution in [0, 0.1) is 0 Å². The molecule has 0 aliphatic heterocycles. The highest BCUT2D eigenvalue weighted by Gasteiger charge is 2.10. The first-order chi connectivity index (χ1) is 7.40. The van der Waals surface area contributed by atoms with Crippen LogP contribution in [0.5, 0.6) is 0 Å². The molecule has 96 valence electrons. The van der Waals surface area contributed by atoms with Gasteiger partial charge in [-0.1, -0.05) is 13.8 Å². The molecule has 7 heteroatoms. The zero-order valence-corrected chi connectivity index (χ0v) is 11.3. The maximum absolute atomic E-state index is 10.5. The lowest BCUT2D eigenvalue weighted by Crippen LogP contribution is -2.33. The minimum Gasteiger partial charge on any atom is -0.470 e. The molecule has 0 aromatic heterocycles. The fraction of sp³-hybridized carbons (Fsp3) is 0.889. The fourth-order valence-corrected chi connectivity index (χ4v) is 1.72. The first-order valence-electron chi connectivity index (χ1n) is 5.27. The monoisotopic (exact) mass is 269 g/mol. The molecule has 0 saturated carbocycles. The molecule has 1 N–H and O–H groups in total. The normalized spacial score (nSPS) is 11.2. The smallest absolute Gasteiger partial charge is 0.268 e. The third kappa shape index (κ3) is 7.84. The van der Waals surface area contributed by atoms with Crippen LogP contribution in [0.3, 0.4) is 0 Å². The maximum Gasteiger partial charge on any atom is 0.268 e. The third-order valence-corrected chi connectivity index (χ3v) is 2.87. The quantitative estimate of drug-likeness (QED) is 0.555. The number of thiocarbonyl (C=S) groups is 1. The van der Waals surface area contributed by atoms with Gasteiger partial charge < -0.3 is 9.64 Å². The molecule has 0 spiro atoms. The van der Waals surface area contributed by atoms with E-state index < -0.39 is 15.9 Å². The van der Waals surface area contributed by atoms with E-state index in [2.05, 4.69) is 0 Å². The van der Waals surface area contributed by atoms with Crippen LogP contribution in [0.25, 0.3) is 0 Å². The van der Waals surface area contributed by atoms with E-state index in [0.717, 1.165) is 25.9 Å². The summed E-state index contributed by atoms with van der Waals surface area (Å²) in [4.78, 5) is 1.89. The SMILES string of the molecule is CCCN(CCC)C(=S)OCCS(=O)(=O)O. The number of ether oxygens (including phenoxy) is 1. The molecule has 0 radical (unpaired) electrons. The van der Waals surface area contributed by atoms with Gasteiger partial charge in [-0.3, -0.25) is 4.55 Å². The summed E-state index contributed by atoms with van der Waals surface area (Å²) < 4.78 is 34.5. The van der Waals surface area contributed by atoms with E-state index in [1.54, 1.807) is 0 Å². The van der Waals surface area contributed by atoms with Crippen molar-refractivity contribution in [3.63, 3.8) is 0 Å². The molecule has 0 atom stereocenters. The Morgan fingerprint density at radius 3 is 2.19 bits per heavy atom. The van der Waals surface area contributed by atoms with Crippen LogP contribution in [0.1, 0.15) is 26.7 Å². The van der Waals surface area contributed by atoms with Crippen LogP contribution in [-0.2, 0) is 14.9 Å². The molecule has 16 heavy (non-hydrogen) atoms. The summed E-state index contributed by atoms with van der Waals surface area (Å²) in [6.45, 7) is 5.53. The Morgan fingerprint density at radius 1 is 1.31 bits per heavy atom. The molecule has 0 aliphatic rings. The van der Waals surface area contributed by atoms with Gasteiger partial charge in [-0.05, 0) is 25.1 Å². The number of nitrogens with zero attached hydrogens (tertiary/aromatic N) is 1. The topological polar surface area (TPSA) is 66.8 Å². The molecular formula is C9H19NO4S2. The van der Waals surface area contributed by atoms with E-state index in [9.17, 15) is 8.42 Å². The Kier molecular flexibility index (Phi) is 7.61. The standard InChI is InChI=1S/C9H19NO4S2/c1-3-5-10(6-4-2)9(15)14-7-8-16(11,12)13/h3-8H2,1-2H3,(H,11,12,13). The number of rotatable bonds is 7. The Bertz CT molecular complexity index is 297. The largest absolute Gasteiger partial charge is 0.470 e. The molecule has 0 fully saturated rings. The maximum atomic E-state index is 10.5. The summed E-state index contributed by atoms with van der Waals surface area (Å²) in [7, 11) is -3.97. The second-order valence-corrected chi connectivity index (χ2v) is 5.31. The third-order valence-electron chi connectivity index (χ3n) is 1.81. The predicted molar refractivity (Wildman–Crippen MR) is 67.1 cm³/mol. The van der Waals surface area contributed by atoms with Crippen molar-refractivity contribution in [2.45, 2.75) is 26.7 Å². The van der Waals surface area contributed by atoms with Gasteiger partial charge in [0.15, 0.2) is 0 Å². The number of hydrogen-bond acceptors (Lipinski definition) is 4. The minimum absolute atomic E-state index is 0.110. The molecule has 0 rings (SSSR count). The van der Waals surface area contributed by atoms with Gasteiger partial charge in [0.2, 0.25) is 0 Å². The lowest BCUT2D eigenvalue weighted by atomic mass is 10.4. The molecule has 0 aliphatic carbocycles. The van der Waals surface area contributed by atoms with E-state index in [4.69, 9.17) is 21.5 Å². The predicted octanol–water partition coefficient (Wildman–Crippen LogP) is 1.30. The van der Waals surface area contributed by atoms with Crippen molar-refractivity contribution < 1.29 is 17.7 Å². The molecular weight excluding hydrogens is 250 g/mol. The van der Waals surface area contributed by atoms with Crippen LogP contribution >= 0.6 is 12.2 Å². The first-order valence-corrected chi connectivity index (χ1v) is 7.29. The molecule has 0 bridgehead atoms. The van der Waals surface area contributed by atoms with Crippen LogP contribution in [0.2, 0.25) is 0 Å². The Hall–Kier alpha value is -0.400. The van der Waals surface area contributed by atoms with Crippen molar-refractivity contribution >= 4 is 27.5 Å². The fourth-order valence-electron chi connectivity index (χ4n) is 1.16. The van der Waals surface area contributed by atoms with E-state index in [-0.39, 0.29) is 6.61 Å². The second kappa shape index (κ2) is 7.81. The Labute approximate surface area is 103 Å². The lowest BCUT2D eigenvalue weighted by Gasteiger charge is -2.23. The van der Waals surface area contributed by atoms with Crippen molar-refractivity contribution in [2.24, 2.45) is 0 Å². The van der Waals surface area contributed by atoms with Crippen LogP contribution < -0.4 is 0 Å². The van der Waals surface area contributed by atoms with Gasteiger partial charge in [0.05, 0.1) is 0 Å². The van der Waals surface area contributed by atoms with E-state index >= 15 is 0 Å². The molecule has 0 saturated heterocycles. The van der Waals surface area contributed by atoms with Crippen LogP contribution in [-0.4, -0.2) is 48.5 Å². The highest BCUT2D eigenvalue weighted by atomic mass is 32.2. The van der Waals surface area contributed by atoms with Crippen molar-refractivity contribution in [1.29, 1.82) is 0 Å². The van der Waals surface area contributed by atoms with E-state index in [1.165, 1.54) is 0 Å². The summed E-state index contributed by atoms with van der Waals surface area (Å²) >= 11 is 5.02. The zero-order valence-electron chi connectivity index (χ0n) is 9.68. The van der Waals surface area contributed by atoms with Gasteiger partial charge in [-0.2, -0.15) is 8.42 Å². The van der Waals surface area contributed by atoms with Crippen LogP contribution in [0.4, 0.5) is 0 Å². The van der Waals surface area contributed by atoms with Crippen LogP contribution in [0.15, 0.2) is 0 Å². The second-order valence-electron chi connectivity index (χ2n) is 3.39. The molecule has 5 nitrogen and oxygen atoms in total. The Balaban J connectivity index is 4.00. The van der Waals surface area contributed by atoms with E-state index in [0.29, 0.717) is 5.17 Å². The summed E-state index contributed by atoms with van der Waals surface area (Å²) in [5, 5.41) is 0.298. The van der Waals surface area contributed by atoms with Gasteiger partial charge in [0, 0.05) is 13.1 Å². The summed E-state index contributed by atoms with van der Waals surface area (Å²) in [6.07, 6.45) is 1.89. The highest BCUT2D eigenvalue weighted by Crippen LogP contribution is 1.99. The molecule has 0 heterocycles. The summed E-state index contributed by atoms with van der Waals surface area (Å²) in [5.74, 6) is -0.431. The number of hydrogen-bond donors (Lipinski definition) is 1. The van der Waals surface area contributed by atoms with Crippen molar-refractivity contribution in [2.75, 3.05) is 25.4 Å². The summed E-state index contributed by atoms with van der Waals surface area (Å²) in [6, 6.07) is 0. The molecule has 0 amide bonds. The molecule has 0 aromatic carbocycles. The molecule has 0 unspecified atom stereocenters. The highest BCUT2D eigenvalue weighted by molar-refractivity contribution is 7.85. The lowest BCUT2D eigenvalue weighted by molar-refractivity contribution is 0.253. The van der Waals surface area contributed by atoms with Crippen molar-refractivity contribution in [3.05, 3.63) is 0 Å². The van der Waals surface area contributed by atoms with Gasteiger partial charge >= 0.3 is 0 Å². The first kappa shape index (κ1) is 15.6. The zero-order chi connectivity index (χ0) is 12.6. The van der Waals surface area contributed by atoms with Gasteiger partial charge in [-0.25, -0.2) is 0 Å². The van der Waals surface area contributed by atoms with Gasteiger partial charge in [0.1, 0.15) is 12.4 Å². The van der Waals surface area contributed by atoms with Crippen molar-refractivity contribution in [3.8, 4) is 0 Å². The average molecular weight is 269 g/mol.